The molecular formula is C15H20N2O3. The van der Waals surface area contributed by atoms with Gasteiger partial charge in [0.1, 0.15) is 5.75 Å². The maximum atomic E-state index is 11.7. The van der Waals surface area contributed by atoms with E-state index in [1.807, 2.05) is 0 Å². The zero-order valence-corrected chi connectivity index (χ0v) is 11.4. The SMILES string of the molecule is NC(=O)c1cccc(OC(=O)NCC2CCCCC2)c1. The van der Waals surface area contributed by atoms with Gasteiger partial charge >= 0.3 is 6.09 Å². The summed E-state index contributed by atoms with van der Waals surface area (Å²) < 4.78 is 5.14. The number of carbonyl (C=O) groups is 2. The number of primary amides is 1. The normalized spacial score (nSPS) is 15.6. The molecule has 0 bridgehead atoms. The molecule has 108 valence electrons. The molecule has 0 unspecified atom stereocenters. The highest BCUT2D eigenvalue weighted by Crippen LogP contribution is 2.22. The Morgan fingerprint density at radius 2 is 2.00 bits per heavy atom. The Kier molecular flexibility index (Phi) is 4.98. The molecule has 1 aliphatic carbocycles. The van der Waals surface area contributed by atoms with Crippen molar-refractivity contribution in [2.75, 3.05) is 6.54 Å². The summed E-state index contributed by atoms with van der Waals surface area (Å²) in [6, 6.07) is 6.29. The molecule has 2 amide bonds. The van der Waals surface area contributed by atoms with E-state index in [2.05, 4.69) is 5.32 Å². The standard InChI is InChI=1S/C15H20N2O3/c16-14(18)12-7-4-8-13(9-12)20-15(19)17-10-11-5-2-1-3-6-11/h4,7-9,11H,1-3,5-6,10H2,(H2,16,18)(H,17,19). The van der Waals surface area contributed by atoms with Crippen LogP contribution in [0.3, 0.4) is 0 Å². The Morgan fingerprint density at radius 3 is 2.70 bits per heavy atom. The van der Waals surface area contributed by atoms with Crippen LogP contribution in [0.25, 0.3) is 0 Å². The topological polar surface area (TPSA) is 81.4 Å². The number of hydrogen-bond acceptors (Lipinski definition) is 3. The summed E-state index contributed by atoms with van der Waals surface area (Å²) in [6.07, 6.45) is 5.61. The average Bonchev–Trinajstić information content (AvgIpc) is 2.46. The largest absolute Gasteiger partial charge is 0.412 e. The van der Waals surface area contributed by atoms with Gasteiger partial charge in [-0.2, -0.15) is 0 Å². The van der Waals surface area contributed by atoms with E-state index in [4.69, 9.17) is 10.5 Å². The van der Waals surface area contributed by atoms with Gasteiger partial charge in [0.25, 0.3) is 0 Å². The molecule has 0 aliphatic heterocycles. The molecule has 1 aliphatic rings. The van der Waals surface area contributed by atoms with E-state index in [0.717, 1.165) is 12.8 Å². The lowest BCUT2D eigenvalue weighted by molar-refractivity contribution is 0.0999. The average molecular weight is 276 g/mol. The highest BCUT2D eigenvalue weighted by molar-refractivity contribution is 5.93. The number of amides is 2. The molecule has 1 aromatic carbocycles. The molecule has 0 aromatic heterocycles. The van der Waals surface area contributed by atoms with Crippen LogP contribution in [0.15, 0.2) is 24.3 Å². The molecular weight excluding hydrogens is 256 g/mol. The quantitative estimate of drug-likeness (QED) is 0.886. The van der Waals surface area contributed by atoms with Gasteiger partial charge in [-0.05, 0) is 37.0 Å². The monoisotopic (exact) mass is 276 g/mol. The molecule has 0 atom stereocenters. The van der Waals surface area contributed by atoms with Crippen LogP contribution in [0.1, 0.15) is 42.5 Å². The summed E-state index contributed by atoms with van der Waals surface area (Å²) in [5, 5.41) is 2.77. The number of ether oxygens (including phenoxy) is 1. The summed E-state index contributed by atoms with van der Waals surface area (Å²) in [5.74, 6) is 0.328. The van der Waals surface area contributed by atoms with Crippen molar-refractivity contribution in [1.82, 2.24) is 5.32 Å². The second-order valence-electron chi connectivity index (χ2n) is 5.17. The van der Waals surface area contributed by atoms with Crippen molar-refractivity contribution >= 4 is 12.0 Å². The molecule has 1 saturated carbocycles. The number of benzene rings is 1. The molecule has 1 aromatic rings. The van der Waals surface area contributed by atoms with Gasteiger partial charge in [-0.25, -0.2) is 4.79 Å². The summed E-state index contributed by atoms with van der Waals surface area (Å²) in [6.45, 7) is 0.647. The molecule has 20 heavy (non-hydrogen) atoms. The van der Waals surface area contributed by atoms with Crippen LogP contribution in [-0.2, 0) is 0 Å². The van der Waals surface area contributed by atoms with E-state index < -0.39 is 12.0 Å². The zero-order chi connectivity index (χ0) is 14.4. The maximum absolute atomic E-state index is 11.7. The minimum atomic E-state index is -0.543. The van der Waals surface area contributed by atoms with Gasteiger partial charge < -0.3 is 15.8 Å². The fourth-order valence-corrected chi connectivity index (χ4v) is 2.47. The summed E-state index contributed by atoms with van der Waals surface area (Å²) >= 11 is 0. The van der Waals surface area contributed by atoms with E-state index in [1.165, 1.54) is 25.3 Å². The van der Waals surface area contributed by atoms with Gasteiger partial charge in [0.2, 0.25) is 5.91 Å². The third kappa shape index (κ3) is 4.26. The predicted octanol–water partition coefficient (Wildman–Crippen LogP) is 2.45. The van der Waals surface area contributed by atoms with E-state index in [1.54, 1.807) is 18.2 Å². The van der Waals surface area contributed by atoms with Crippen molar-refractivity contribution in [2.45, 2.75) is 32.1 Å². The first kappa shape index (κ1) is 14.4. The Labute approximate surface area is 118 Å². The van der Waals surface area contributed by atoms with Crippen LogP contribution in [0.4, 0.5) is 4.79 Å². The van der Waals surface area contributed by atoms with Gasteiger partial charge in [-0.15, -0.1) is 0 Å². The van der Waals surface area contributed by atoms with Crippen LogP contribution in [0, 0.1) is 5.92 Å². The molecule has 5 heteroatoms. The van der Waals surface area contributed by atoms with Crippen LogP contribution in [0.5, 0.6) is 5.75 Å². The van der Waals surface area contributed by atoms with Crippen LogP contribution in [-0.4, -0.2) is 18.5 Å². The zero-order valence-electron chi connectivity index (χ0n) is 11.4. The fourth-order valence-electron chi connectivity index (χ4n) is 2.47. The van der Waals surface area contributed by atoms with Crippen molar-refractivity contribution < 1.29 is 14.3 Å². The van der Waals surface area contributed by atoms with Crippen LogP contribution in [0.2, 0.25) is 0 Å². The smallest absolute Gasteiger partial charge is 0.410 e. The van der Waals surface area contributed by atoms with Gasteiger partial charge in [0.15, 0.2) is 0 Å². The molecule has 0 spiro atoms. The highest BCUT2D eigenvalue weighted by Gasteiger charge is 2.15. The van der Waals surface area contributed by atoms with Gasteiger partial charge in [-0.3, -0.25) is 4.79 Å². The van der Waals surface area contributed by atoms with E-state index in [-0.39, 0.29) is 0 Å². The number of carbonyl (C=O) groups excluding carboxylic acids is 2. The first-order valence-electron chi connectivity index (χ1n) is 7.00. The van der Waals surface area contributed by atoms with Gasteiger partial charge in [0, 0.05) is 12.1 Å². The molecule has 5 nitrogen and oxygen atoms in total. The van der Waals surface area contributed by atoms with Crippen molar-refractivity contribution in [2.24, 2.45) is 11.7 Å². The van der Waals surface area contributed by atoms with Gasteiger partial charge in [-0.1, -0.05) is 25.3 Å². The first-order chi connectivity index (χ1) is 9.65. The lowest BCUT2D eigenvalue weighted by Crippen LogP contribution is -2.32. The van der Waals surface area contributed by atoms with Crippen molar-refractivity contribution in [3.63, 3.8) is 0 Å². The number of rotatable bonds is 4. The highest BCUT2D eigenvalue weighted by atomic mass is 16.6. The lowest BCUT2D eigenvalue weighted by atomic mass is 9.89. The third-order valence-corrected chi connectivity index (χ3v) is 3.59. The van der Waals surface area contributed by atoms with E-state index in [9.17, 15) is 9.59 Å². The minimum Gasteiger partial charge on any atom is -0.410 e. The first-order valence-corrected chi connectivity index (χ1v) is 7.00. The third-order valence-electron chi connectivity index (χ3n) is 3.59. The molecule has 3 N–H and O–H groups in total. The minimum absolute atomic E-state index is 0.322. The Bertz CT molecular complexity index is 482. The molecule has 1 fully saturated rings. The van der Waals surface area contributed by atoms with Crippen molar-refractivity contribution in [3.8, 4) is 5.75 Å². The lowest BCUT2D eigenvalue weighted by Gasteiger charge is -2.21. The van der Waals surface area contributed by atoms with Crippen molar-refractivity contribution in [1.29, 1.82) is 0 Å². The van der Waals surface area contributed by atoms with Crippen molar-refractivity contribution in [3.05, 3.63) is 29.8 Å². The molecule has 0 saturated heterocycles. The van der Waals surface area contributed by atoms with E-state index in [0.29, 0.717) is 23.8 Å². The molecule has 0 heterocycles. The summed E-state index contributed by atoms with van der Waals surface area (Å²) in [7, 11) is 0. The second kappa shape index (κ2) is 6.93. The van der Waals surface area contributed by atoms with E-state index >= 15 is 0 Å². The number of hydrogen-bond donors (Lipinski definition) is 2. The number of nitrogens with two attached hydrogens (primary N) is 1. The van der Waals surface area contributed by atoms with Gasteiger partial charge in [0.05, 0.1) is 0 Å². The maximum Gasteiger partial charge on any atom is 0.412 e. The Balaban J connectivity index is 1.81. The molecule has 0 radical (unpaired) electrons. The predicted molar refractivity (Wildman–Crippen MR) is 75.6 cm³/mol. The summed E-state index contributed by atoms with van der Waals surface area (Å²) in [5.41, 5.74) is 5.50. The number of nitrogens with one attached hydrogen (secondary N) is 1. The second-order valence-corrected chi connectivity index (χ2v) is 5.17. The molecule has 2 rings (SSSR count). The fraction of sp³-hybridized carbons (Fsp3) is 0.467. The van der Waals surface area contributed by atoms with Crippen LogP contribution < -0.4 is 15.8 Å². The Hall–Kier alpha value is -2.04. The Morgan fingerprint density at radius 1 is 1.25 bits per heavy atom. The summed E-state index contributed by atoms with van der Waals surface area (Å²) in [4.78, 5) is 22.7. The van der Waals surface area contributed by atoms with Crippen LogP contribution >= 0.6 is 0 Å².